The van der Waals surface area contributed by atoms with Crippen molar-refractivity contribution < 1.29 is 150 Å². The fourth-order valence-corrected chi connectivity index (χ4v) is 14.0. The fraction of sp³-hybridized carbons (Fsp3) is 0.622. The van der Waals surface area contributed by atoms with Gasteiger partial charge in [-0.2, -0.15) is 5.10 Å². The molecule has 1 aliphatic rings. The number of nitrogens with two attached hydrogens (primary N) is 1. The third kappa shape index (κ3) is 63.2. The van der Waals surface area contributed by atoms with Gasteiger partial charge in [-0.3, -0.25) is 67.7 Å². The van der Waals surface area contributed by atoms with Gasteiger partial charge in [-0.05, 0) is 147 Å². The van der Waals surface area contributed by atoms with Gasteiger partial charge in [0.25, 0.3) is 0 Å². The smallest absolute Gasteiger partial charge is 0.326 e. The highest BCUT2D eigenvalue weighted by Gasteiger charge is 2.30. The van der Waals surface area contributed by atoms with Gasteiger partial charge in [0.05, 0.1) is 184 Å². The van der Waals surface area contributed by atoms with Crippen LogP contribution in [0.3, 0.4) is 0 Å². The number of ether oxygens (including phenoxy) is 11. The van der Waals surface area contributed by atoms with Crippen LogP contribution >= 0.6 is 34.8 Å². The molecule has 0 spiro atoms. The predicted molar refractivity (Wildman–Crippen MR) is 523 cm³/mol. The normalized spacial score (nSPS) is 14.2. The molecule has 4 rings (SSSR count). The lowest BCUT2D eigenvalue weighted by Gasteiger charge is -2.37. The molecule has 0 saturated carbocycles. The summed E-state index contributed by atoms with van der Waals surface area (Å²) in [7, 11) is 0. The lowest BCUT2D eigenvalue weighted by atomic mass is 10.0. The molecule has 0 bridgehead atoms. The quantitative estimate of drug-likeness (QED) is 0.00910. The number of carbonyl (C=O) groups excluding carboxylic acids is 6. The van der Waals surface area contributed by atoms with Crippen molar-refractivity contribution in [3.05, 3.63) is 93.1 Å². The van der Waals surface area contributed by atoms with E-state index in [-0.39, 0.29) is 209 Å². The number of hydrogen-bond acceptors (Lipinski definition) is 32. The summed E-state index contributed by atoms with van der Waals surface area (Å²) in [5.74, 6) is -3.90. The third-order valence-electron chi connectivity index (χ3n) is 20.4. The second kappa shape index (κ2) is 77.0. The number of aliphatic imine (C=N–C) groups is 1. The van der Waals surface area contributed by atoms with Crippen LogP contribution < -0.4 is 59.0 Å². The highest BCUT2D eigenvalue weighted by molar-refractivity contribution is 14.1. The SMILES string of the molecule is NN=C(C=NCCOCCOCCOCCC(=O)N[C@@H](CCCCNC(=S)Nc1ccc(CC2CN(CC(=O)O)CCN(CC(=O)O)CCN(CC(=O)O)CCN2CC(=O)O)cc1)C(=O)NCCOCCOCCOCCOCCOCCOCCOCCOCCC(=O)N[C@@H](CCCCNC(=O)Cc1ccc(I)cc1)C(=O)O)c1cccc(NC(=O)NCCCC[C@H](NC(=O)NCC(=O)O)C(=O)O)c1. The van der Waals surface area contributed by atoms with Gasteiger partial charge in [-0.15, -0.1) is 0 Å². The van der Waals surface area contributed by atoms with E-state index in [4.69, 9.17) is 75.3 Å². The summed E-state index contributed by atoms with van der Waals surface area (Å²) in [6, 6.07) is 16.3. The molecule has 0 aromatic heterocycles. The summed E-state index contributed by atoms with van der Waals surface area (Å²) in [5, 5.41) is 98.0. The summed E-state index contributed by atoms with van der Waals surface area (Å²) in [6.07, 6.45) is 5.24. The van der Waals surface area contributed by atoms with E-state index in [9.17, 15) is 93.0 Å². The molecule has 4 atom stereocenters. The van der Waals surface area contributed by atoms with Crippen molar-refractivity contribution >= 4 is 141 Å². The average molecular weight is 2120 g/mol. The van der Waals surface area contributed by atoms with Gasteiger partial charge in [0.2, 0.25) is 23.6 Å². The van der Waals surface area contributed by atoms with Gasteiger partial charge in [0.15, 0.2) is 5.11 Å². The number of anilines is 2. The van der Waals surface area contributed by atoms with E-state index in [0.717, 1.165) is 14.7 Å². The second-order valence-electron chi connectivity index (χ2n) is 31.6. The summed E-state index contributed by atoms with van der Waals surface area (Å²) < 4.78 is 62.5. The number of nitrogens with one attached hydrogen (secondary N) is 10. The number of urea groups is 2. The Balaban J connectivity index is 1.12. The van der Waals surface area contributed by atoms with E-state index in [1.807, 2.05) is 41.7 Å². The number of carboxylic acid groups (broad SMARTS) is 7. The first-order valence-corrected chi connectivity index (χ1v) is 47.8. The summed E-state index contributed by atoms with van der Waals surface area (Å²) in [6.45, 7) is 6.00. The molecular weight excluding hydrogens is 1970 g/mol. The third-order valence-corrected chi connectivity index (χ3v) is 21.4. The van der Waals surface area contributed by atoms with Crippen molar-refractivity contribution in [3.63, 3.8) is 0 Å². The minimum Gasteiger partial charge on any atom is -0.480 e. The number of nitrogens with zero attached hydrogens (tertiary/aromatic N) is 6. The van der Waals surface area contributed by atoms with Gasteiger partial charge in [0.1, 0.15) is 30.4 Å². The number of carbonyl (C=O) groups is 13. The van der Waals surface area contributed by atoms with Gasteiger partial charge in [0, 0.05) is 118 Å². The number of thiocarbonyl (C=S) groups is 1. The molecule has 48 nitrogen and oxygen atoms in total. The van der Waals surface area contributed by atoms with Crippen LogP contribution in [0.15, 0.2) is 82.9 Å². The minimum absolute atomic E-state index is 0.00966. The zero-order chi connectivity index (χ0) is 102. The van der Waals surface area contributed by atoms with Crippen molar-refractivity contribution in [3.8, 4) is 0 Å². The molecule has 50 heteroatoms. The first-order valence-electron chi connectivity index (χ1n) is 46.3. The van der Waals surface area contributed by atoms with Crippen molar-refractivity contribution in [1.29, 1.82) is 0 Å². The second-order valence-corrected chi connectivity index (χ2v) is 33.3. The Labute approximate surface area is 832 Å². The number of aliphatic carboxylic acids is 7. The maximum atomic E-state index is 13.7. The number of halogens is 1. The van der Waals surface area contributed by atoms with E-state index in [1.165, 1.54) is 6.21 Å². The zero-order valence-corrected chi connectivity index (χ0v) is 82.0. The number of carboxylic acids is 7. The standard InChI is InChI=1S/C90H140IN17O31S/c91-69-17-13-67(14-18-69)57-79(111)94-23-4-2-11-74(86(123)124)102-78(110)22-35-130-39-43-134-46-48-136-50-52-138-54-55-139-53-51-137-49-47-135-45-41-132-37-27-95-85(122)73(10-1-6-25-97-90(140)100-70-19-15-66(16-20-70)56-72-61-107(64-83(118)119)31-30-105(62-81(114)115)28-29-106(63-82(116)117)32-33-108(72)65-84(120)121)101-77(109)21-34-129-38-42-133-44-40-131-36-26-93-59-76(104-92)68-8-7-9-71(58-68)99-88(127)96-24-5-3-12-75(87(125)126)103-89(128)98-60-80(112)113/h7-9,13-20,58-59,72-75H,1-6,10-12,21-57,60-65,92H2,(H,94,111)(H,95,122)(H,101,109)(H,102,110)(H,112,113)(H,114,115)(H,116,117)(H,118,119)(H,120,121)(H,123,124)(H,125,126)(H2,96,99,127)(H2,97,100,140)(H2,98,103,128)/t72?,73-,74-,75-/m0/s1. The molecule has 0 radical (unpaired) electrons. The Morgan fingerprint density at radius 1 is 0.421 bits per heavy atom. The molecular formula is C90H140IN17O31S. The van der Waals surface area contributed by atoms with Gasteiger partial charge < -0.3 is 147 Å². The number of amides is 8. The monoisotopic (exact) mass is 2110 g/mol. The Morgan fingerprint density at radius 3 is 1.35 bits per heavy atom. The largest absolute Gasteiger partial charge is 0.480 e. The summed E-state index contributed by atoms with van der Waals surface area (Å²) in [5.41, 5.74) is 3.59. The van der Waals surface area contributed by atoms with Crippen molar-refractivity contribution in [2.75, 3.05) is 267 Å². The Kier molecular flexibility index (Phi) is 66.9. The fourth-order valence-electron chi connectivity index (χ4n) is 13.4. The highest BCUT2D eigenvalue weighted by atomic mass is 127. The molecule has 0 aliphatic carbocycles. The zero-order valence-electron chi connectivity index (χ0n) is 79.1. The molecule has 19 N–H and O–H groups in total. The molecule has 1 saturated heterocycles. The molecule has 8 amide bonds. The Hall–Kier alpha value is -10.7. The number of hydrazone groups is 1. The maximum Gasteiger partial charge on any atom is 0.326 e. The lowest BCUT2D eigenvalue weighted by Crippen LogP contribution is -2.53. The first kappa shape index (κ1) is 122. The summed E-state index contributed by atoms with van der Waals surface area (Å²) >= 11 is 7.83. The topological polar surface area (TPSA) is 649 Å². The molecule has 1 aliphatic heterocycles. The van der Waals surface area contributed by atoms with Crippen LogP contribution in [-0.2, 0) is 118 Å². The van der Waals surface area contributed by atoms with Gasteiger partial charge in [-0.1, -0.05) is 36.4 Å². The van der Waals surface area contributed by atoms with Crippen molar-refractivity contribution in [2.45, 2.75) is 108 Å². The van der Waals surface area contributed by atoms with Crippen LogP contribution in [0.4, 0.5) is 21.0 Å². The van der Waals surface area contributed by atoms with E-state index in [2.05, 4.69) is 80.5 Å². The molecule has 3 aromatic rings. The van der Waals surface area contributed by atoms with Gasteiger partial charge in [-0.25, -0.2) is 19.2 Å². The molecule has 1 unspecified atom stereocenters. The highest BCUT2D eigenvalue weighted by Crippen LogP contribution is 2.19. The number of hydrogen-bond donors (Lipinski definition) is 18. The minimum atomic E-state index is -1.29. The van der Waals surface area contributed by atoms with Crippen LogP contribution in [0, 0.1) is 3.57 Å². The Morgan fingerprint density at radius 2 is 0.857 bits per heavy atom. The average Bonchev–Trinajstić information content (AvgIpc) is 0.856. The number of rotatable bonds is 78. The lowest BCUT2D eigenvalue weighted by molar-refractivity contribution is -0.142. The van der Waals surface area contributed by atoms with E-state index >= 15 is 0 Å². The van der Waals surface area contributed by atoms with E-state index in [1.54, 1.807) is 56.0 Å². The summed E-state index contributed by atoms with van der Waals surface area (Å²) in [4.78, 5) is 169. The van der Waals surface area contributed by atoms with Crippen LogP contribution in [0.25, 0.3) is 0 Å². The Bertz CT molecular complexity index is 4200. The molecule has 140 heavy (non-hydrogen) atoms. The van der Waals surface area contributed by atoms with Crippen LogP contribution in [0.5, 0.6) is 0 Å². The molecule has 1 fully saturated rings. The van der Waals surface area contributed by atoms with Crippen LogP contribution in [0.1, 0.15) is 87.3 Å². The molecule has 3 aromatic carbocycles. The molecule has 784 valence electrons. The molecule has 1 heterocycles. The van der Waals surface area contributed by atoms with Crippen molar-refractivity contribution in [1.82, 2.24) is 62.1 Å². The van der Waals surface area contributed by atoms with Crippen LogP contribution in [0.2, 0.25) is 0 Å². The van der Waals surface area contributed by atoms with E-state index < -0.39 is 115 Å². The van der Waals surface area contributed by atoms with E-state index in [0.29, 0.717) is 145 Å². The number of benzene rings is 3. The van der Waals surface area contributed by atoms with Crippen LogP contribution in [-0.4, -0.2) is 431 Å². The predicted octanol–water partition coefficient (Wildman–Crippen LogP) is 0.444. The first-order chi connectivity index (χ1) is 67.5. The van der Waals surface area contributed by atoms with Crippen molar-refractivity contribution in [2.24, 2.45) is 15.9 Å². The maximum absolute atomic E-state index is 13.7. The number of unbranched alkanes of at least 4 members (excludes halogenated alkanes) is 3. The van der Waals surface area contributed by atoms with Gasteiger partial charge >= 0.3 is 53.8 Å².